The summed E-state index contributed by atoms with van der Waals surface area (Å²) in [5.41, 5.74) is 4.23. The highest BCUT2D eigenvalue weighted by molar-refractivity contribution is 5.38. The van der Waals surface area contributed by atoms with Gasteiger partial charge in [0.25, 0.3) is 0 Å². The molecular weight excluding hydrogens is 300 g/mol. The zero-order valence-corrected chi connectivity index (χ0v) is 14.6. The van der Waals surface area contributed by atoms with Crippen molar-refractivity contribution >= 4 is 0 Å². The minimum atomic E-state index is 0.281. The lowest BCUT2D eigenvalue weighted by Crippen LogP contribution is -2.39. The Morgan fingerprint density at radius 1 is 1.25 bits per heavy atom. The summed E-state index contributed by atoms with van der Waals surface area (Å²) in [6.45, 7) is 6.58. The summed E-state index contributed by atoms with van der Waals surface area (Å²) in [5.74, 6) is 1.80. The molecule has 0 saturated carbocycles. The Bertz CT molecular complexity index is 716. The molecule has 1 aromatic carbocycles. The van der Waals surface area contributed by atoms with Crippen LogP contribution >= 0.6 is 0 Å². The van der Waals surface area contributed by atoms with Crippen LogP contribution in [0.4, 0.5) is 0 Å². The highest BCUT2D eigenvalue weighted by atomic mass is 16.5. The number of aromatic nitrogens is 1. The molecule has 4 rings (SSSR count). The van der Waals surface area contributed by atoms with Gasteiger partial charge in [0.05, 0.1) is 12.2 Å². The van der Waals surface area contributed by atoms with E-state index in [1.54, 1.807) is 0 Å². The Kier molecular flexibility index (Phi) is 4.19. The molecule has 2 aliphatic rings. The third-order valence-electron chi connectivity index (χ3n) is 5.72. The van der Waals surface area contributed by atoms with Gasteiger partial charge >= 0.3 is 0 Å². The van der Waals surface area contributed by atoms with Crippen LogP contribution in [0.25, 0.3) is 0 Å². The minimum absolute atomic E-state index is 0.281. The molecule has 2 heterocycles. The molecule has 1 fully saturated rings. The van der Waals surface area contributed by atoms with Gasteiger partial charge in [0.2, 0.25) is 0 Å². The summed E-state index contributed by atoms with van der Waals surface area (Å²) in [5, 5.41) is 3.80. The van der Waals surface area contributed by atoms with Crippen LogP contribution in [0.3, 0.4) is 0 Å². The van der Waals surface area contributed by atoms with Gasteiger partial charge in [0.1, 0.15) is 5.76 Å². The van der Waals surface area contributed by atoms with Crippen LogP contribution in [0.15, 0.2) is 28.7 Å². The van der Waals surface area contributed by atoms with E-state index in [1.807, 2.05) is 6.92 Å². The van der Waals surface area contributed by atoms with Gasteiger partial charge < -0.3 is 14.5 Å². The maximum atomic E-state index is 5.89. The summed E-state index contributed by atoms with van der Waals surface area (Å²) in [7, 11) is 0. The summed E-state index contributed by atoms with van der Waals surface area (Å²) in [4.78, 5) is 4.50. The summed E-state index contributed by atoms with van der Waals surface area (Å²) in [6.07, 6.45) is 4.23. The van der Waals surface area contributed by atoms with Crippen molar-refractivity contribution in [1.82, 2.24) is 10.3 Å². The number of aryl methyl sites for hydroxylation is 2. The lowest BCUT2D eigenvalue weighted by molar-refractivity contribution is -0.000521. The predicted molar refractivity (Wildman–Crippen MR) is 92.8 cm³/mol. The summed E-state index contributed by atoms with van der Waals surface area (Å²) >= 11 is 0. The fourth-order valence-corrected chi connectivity index (χ4v) is 4.36. The van der Waals surface area contributed by atoms with E-state index in [0.717, 1.165) is 62.8 Å². The lowest BCUT2D eigenvalue weighted by Gasteiger charge is -2.39. The third kappa shape index (κ3) is 2.68. The molecule has 2 aromatic rings. The average Bonchev–Trinajstić information content (AvgIpc) is 3.11. The molecule has 1 atom stereocenters. The third-order valence-corrected chi connectivity index (χ3v) is 5.72. The second kappa shape index (κ2) is 6.34. The number of fused-ring (bicyclic) bond motifs is 1. The largest absolute Gasteiger partial charge is 0.444 e. The SMILES string of the molecule is CCc1nc(C)c(CNC2c3ccccc3CC23CCOCC3)o1. The van der Waals surface area contributed by atoms with Crippen LogP contribution in [0.5, 0.6) is 0 Å². The van der Waals surface area contributed by atoms with Gasteiger partial charge in [-0.2, -0.15) is 0 Å². The van der Waals surface area contributed by atoms with Crippen molar-refractivity contribution in [2.75, 3.05) is 13.2 Å². The van der Waals surface area contributed by atoms with Crippen molar-refractivity contribution in [3.63, 3.8) is 0 Å². The van der Waals surface area contributed by atoms with Crippen molar-refractivity contribution in [2.45, 2.75) is 52.1 Å². The van der Waals surface area contributed by atoms with Gasteiger partial charge in [-0.3, -0.25) is 0 Å². The molecule has 0 radical (unpaired) electrons. The molecule has 1 aromatic heterocycles. The first-order chi connectivity index (χ1) is 11.7. The highest BCUT2D eigenvalue weighted by Crippen LogP contribution is 2.51. The Labute approximate surface area is 143 Å². The number of nitrogens with one attached hydrogen (secondary N) is 1. The monoisotopic (exact) mass is 326 g/mol. The number of benzene rings is 1. The number of rotatable bonds is 4. The molecule has 4 nitrogen and oxygen atoms in total. The van der Waals surface area contributed by atoms with E-state index in [0.29, 0.717) is 6.04 Å². The standard InChI is InChI=1S/C20H26N2O2/c1-3-18-22-14(2)17(24-18)13-21-19-16-7-5-4-6-15(16)12-20(19)8-10-23-11-9-20/h4-7,19,21H,3,8-13H2,1-2H3. The van der Waals surface area contributed by atoms with Crippen LogP contribution in [0.1, 0.15) is 54.3 Å². The molecule has 0 amide bonds. The van der Waals surface area contributed by atoms with E-state index in [4.69, 9.17) is 9.15 Å². The smallest absolute Gasteiger partial charge is 0.194 e. The van der Waals surface area contributed by atoms with E-state index in [9.17, 15) is 0 Å². The Hall–Kier alpha value is -1.65. The van der Waals surface area contributed by atoms with E-state index < -0.39 is 0 Å². The first-order valence-electron chi connectivity index (χ1n) is 9.06. The fourth-order valence-electron chi connectivity index (χ4n) is 4.36. The summed E-state index contributed by atoms with van der Waals surface area (Å²) < 4.78 is 11.5. The zero-order valence-electron chi connectivity index (χ0n) is 14.6. The van der Waals surface area contributed by atoms with Gasteiger partial charge in [-0.05, 0) is 42.7 Å². The van der Waals surface area contributed by atoms with Gasteiger partial charge in [-0.1, -0.05) is 31.2 Å². The number of hydrogen-bond donors (Lipinski definition) is 1. The molecule has 1 saturated heterocycles. The van der Waals surface area contributed by atoms with Crippen LogP contribution in [0.2, 0.25) is 0 Å². The number of ether oxygens (including phenoxy) is 1. The normalized spacial score (nSPS) is 22.0. The molecule has 1 unspecified atom stereocenters. The van der Waals surface area contributed by atoms with E-state index in [2.05, 4.69) is 41.5 Å². The van der Waals surface area contributed by atoms with Crippen molar-refractivity contribution in [1.29, 1.82) is 0 Å². The van der Waals surface area contributed by atoms with E-state index >= 15 is 0 Å². The molecule has 0 bridgehead atoms. The minimum Gasteiger partial charge on any atom is -0.444 e. The molecule has 1 N–H and O–H groups in total. The number of hydrogen-bond acceptors (Lipinski definition) is 4. The highest BCUT2D eigenvalue weighted by Gasteiger charge is 2.46. The van der Waals surface area contributed by atoms with E-state index in [1.165, 1.54) is 11.1 Å². The van der Waals surface area contributed by atoms with Crippen molar-refractivity contribution in [3.8, 4) is 0 Å². The van der Waals surface area contributed by atoms with Gasteiger partial charge in [-0.25, -0.2) is 4.98 Å². The Morgan fingerprint density at radius 3 is 2.79 bits per heavy atom. The van der Waals surface area contributed by atoms with Gasteiger partial charge in [0, 0.05) is 25.7 Å². The molecule has 1 spiro atoms. The lowest BCUT2D eigenvalue weighted by atomic mass is 9.74. The first kappa shape index (κ1) is 15.9. The Balaban J connectivity index is 1.59. The first-order valence-corrected chi connectivity index (χ1v) is 9.06. The maximum Gasteiger partial charge on any atom is 0.194 e. The zero-order chi connectivity index (χ0) is 16.6. The second-order valence-electron chi connectivity index (χ2n) is 7.13. The maximum absolute atomic E-state index is 5.89. The van der Waals surface area contributed by atoms with Crippen LogP contribution in [-0.2, 0) is 24.1 Å². The molecule has 128 valence electrons. The topological polar surface area (TPSA) is 47.3 Å². The molecule has 4 heteroatoms. The van der Waals surface area contributed by atoms with Crippen LogP contribution in [-0.4, -0.2) is 18.2 Å². The molecule has 1 aliphatic heterocycles. The predicted octanol–water partition coefficient (Wildman–Crippen LogP) is 3.73. The summed E-state index contributed by atoms with van der Waals surface area (Å²) in [6, 6.07) is 9.24. The van der Waals surface area contributed by atoms with Crippen LogP contribution in [0, 0.1) is 12.3 Å². The molecule has 1 aliphatic carbocycles. The number of oxazole rings is 1. The Morgan fingerprint density at radius 2 is 2.04 bits per heavy atom. The number of nitrogens with zero attached hydrogens (tertiary/aromatic N) is 1. The van der Waals surface area contributed by atoms with E-state index in [-0.39, 0.29) is 5.41 Å². The van der Waals surface area contributed by atoms with Gasteiger partial charge in [-0.15, -0.1) is 0 Å². The van der Waals surface area contributed by atoms with Crippen molar-refractivity contribution in [3.05, 3.63) is 52.7 Å². The molecular formula is C20H26N2O2. The van der Waals surface area contributed by atoms with Crippen molar-refractivity contribution in [2.24, 2.45) is 5.41 Å². The fraction of sp³-hybridized carbons (Fsp3) is 0.550. The van der Waals surface area contributed by atoms with Crippen molar-refractivity contribution < 1.29 is 9.15 Å². The second-order valence-corrected chi connectivity index (χ2v) is 7.13. The quantitative estimate of drug-likeness (QED) is 0.930. The van der Waals surface area contributed by atoms with Gasteiger partial charge in [0.15, 0.2) is 5.89 Å². The average molecular weight is 326 g/mol. The van der Waals surface area contributed by atoms with Crippen LogP contribution < -0.4 is 5.32 Å². The molecule has 24 heavy (non-hydrogen) atoms.